The highest BCUT2D eigenvalue weighted by Crippen LogP contribution is 2.14. The van der Waals surface area contributed by atoms with E-state index in [1.165, 1.54) is 0 Å². The van der Waals surface area contributed by atoms with E-state index in [-0.39, 0.29) is 6.10 Å². The molecule has 1 aliphatic rings. The third-order valence-corrected chi connectivity index (χ3v) is 3.15. The van der Waals surface area contributed by atoms with Gasteiger partial charge in [-0.1, -0.05) is 0 Å². The summed E-state index contributed by atoms with van der Waals surface area (Å²) in [6.45, 7) is 3.62. The molecule has 0 bridgehead atoms. The zero-order valence-corrected chi connectivity index (χ0v) is 9.99. The molecule has 1 unspecified atom stereocenters. The Hall–Kier alpha value is -0.650. The minimum atomic E-state index is -0.898. The molecule has 1 atom stereocenters. The van der Waals surface area contributed by atoms with Crippen LogP contribution in [0.25, 0.3) is 0 Å². The van der Waals surface area contributed by atoms with Gasteiger partial charge in [0.2, 0.25) is 0 Å². The molecule has 0 aromatic heterocycles. The first kappa shape index (κ1) is 13.4. The number of hydrogen-bond acceptors (Lipinski definition) is 4. The molecule has 16 heavy (non-hydrogen) atoms. The summed E-state index contributed by atoms with van der Waals surface area (Å²) in [5.74, 6) is -0.842. The topological polar surface area (TPSA) is 67.8 Å². The zero-order valence-electron chi connectivity index (χ0n) is 9.99. The number of ether oxygens (including phenoxy) is 2. The fourth-order valence-corrected chi connectivity index (χ4v) is 1.61. The van der Waals surface area contributed by atoms with Crippen LogP contribution in [0.3, 0.4) is 0 Å². The lowest BCUT2D eigenvalue weighted by molar-refractivity contribution is -0.145. The molecule has 1 heterocycles. The first-order valence-corrected chi connectivity index (χ1v) is 5.70. The summed E-state index contributed by atoms with van der Waals surface area (Å²) in [6.07, 6.45) is 2.51. The second-order valence-corrected chi connectivity index (χ2v) is 4.32. The van der Waals surface area contributed by atoms with Crippen LogP contribution in [-0.2, 0) is 14.3 Å². The van der Waals surface area contributed by atoms with E-state index >= 15 is 0 Å². The molecule has 0 aromatic rings. The van der Waals surface area contributed by atoms with Crippen LogP contribution in [-0.4, -0.2) is 49.6 Å². The Kier molecular flexibility index (Phi) is 5.18. The zero-order chi connectivity index (χ0) is 12.0. The average Bonchev–Trinajstić information content (AvgIpc) is 2.30. The number of rotatable bonds is 6. The standard InChI is InChI=1S/C11H21NO4/c1-11(12-2,10(13)14)5-8-16-9-3-6-15-7-4-9/h9,12H,3-8H2,1-2H3,(H,13,14). The highest BCUT2D eigenvalue weighted by atomic mass is 16.5. The Bertz CT molecular complexity index is 228. The van der Waals surface area contributed by atoms with Gasteiger partial charge in [0, 0.05) is 19.8 Å². The number of carbonyl (C=O) groups is 1. The molecule has 0 saturated carbocycles. The number of nitrogens with one attached hydrogen (secondary N) is 1. The average molecular weight is 231 g/mol. The van der Waals surface area contributed by atoms with Crippen LogP contribution in [0.4, 0.5) is 0 Å². The van der Waals surface area contributed by atoms with Crippen molar-refractivity contribution in [2.24, 2.45) is 0 Å². The minimum absolute atomic E-state index is 0.226. The molecule has 0 radical (unpaired) electrons. The molecule has 1 fully saturated rings. The van der Waals surface area contributed by atoms with Crippen molar-refractivity contribution in [3.05, 3.63) is 0 Å². The molecule has 0 aliphatic carbocycles. The van der Waals surface area contributed by atoms with Crippen LogP contribution < -0.4 is 5.32 Å². The Balaban J connectivity index is 2.25. The minimum Gasteiger partial charge on any atom is -0.480 e. The van der Waals surface area contributed by atoms with Crippen molar-refractivity contribution in [3.8, 4) is 0 Å². The Labute approximate surface area is 96.1 Å². The van der Waals surface area contributed by atoms with Gasteiger partial charge in [0.25, 0.3) is 0 Å². The summed E-state index contributed by atoms with van der Waals surface area (Å²) < 4.78 is 10.9. The van der Waals surface area contributed by atoms with E-state index in [9.17, 15) is 4.79 Å². The van der Waals surface area contributed by atoms with Crippen molar-refractivity contribution in [2.45, 2.75) is 37.8 Å². The molecule has 2 N–H and O–H groups in total. The van der Waals surface area contributed by atoms with Crippen LogP contribution in [0.1, 0.15) is 26.2 Å². The van der Waals surface area contributed by atoms with E-state index in [0.717, 1.165) is 26.1 Å². The highest BCUT2D eigenvalue weighted by Gasteiger charge is 2.31. The maximum atomic E-state index is 11.0. The molecule has 94 valence electrons. The molecular weight excluding hydrogens is 210 g/mol. The van der Waals surface area contributed by atoms with Gasteiger partial charge in [0.1, 0.15) is 5.54 Å². The SMILES string of the molecule is CNC(C)(CCOC1CCOCC1)C(=O)O. The number of likely N-dealkylation sites (N-methyl/N-ethyl adjacent to an activating group) is 1. The Morgan fingerprint density at radius 2 is 2.19 bits per heavy atom. The van der Waals surface area contributed by atoms with Crippen molar-refractivity contribution < 1.29 is 19.4 Å². The Morgan fingerprint density at radius 1 is 1.56 bits per heavy atom. The van der Waals surface area contributed by atoms with Gasteiger partial charge in [-0.25, -0.2) is 0 Å². The molecule has 0 aromatic carbocycles. The third kappa shape index (κ3) is 3.73. The maximum Gasteiger partial charge on any atom is 0.323 e. The molecule has 1 saturated heterocycles. The largest absolute Gasteiger partial charge is 0.480 e. The van der Waals surface area contributed by atoms with E-state index in [1.54, 1.807) is 14.0 Å². The normalized spacial score (nSPS) is 21.6. The van der Waals surface area contributed by atoms with E-state index in [4.69, 9.17) is 14.6 Å². The van der Waals surface area contributed by atoms with Gasteiger partial charge in [0.15, 0.2) is 0 Å². The van der Waals surface area contributed by atoms with E-state index in [2.05, 4.69) is 5.32 Å². The number of carboxylic acids is 1. The van der Waals surface area contributed by atoms with Crippen LogP contribution >= 0.6 is 0 Å². The number of hydrogen-bond donors (Lipinski definition) is 2. The second kappa shape index (κ2) is 6.18. The predicted octanol–water partition coefficient (Wildman–Crippen LogP) is 0.635. The van der Waals surface area contributed by atoms with Gasteiger partial charge < -0.3 is 19.9 Å². The van der Waals surface area contributed by atoms with Crippen LogP contribution in [0.5, 0.6) is 0 Å². The van der Waals surface area contributed by atoms with Crippen molar-refractivity contribution in [2.75, 3.05) is 26.9 Å². The van der Waals surface area contributed by atoms with Gasteiger partial charge in [-0.15, -0.1) is 0 Å². The summed E-state index contributed by atoms with van der Waals surface area (Å²) in [6, 6.07) is 0. The predicted molar refractivity (Wildman–Crippen MR) is 59.5 cm³/mol. The van der Waals surface area contributed by atoms with E-state index < -0.39 is 11.5 Å². The third-order valence-electron chi connectivity index (χ3n) is 3.15. The van der Waals surface area contributed by atoms with Gasteiger partial charge in [-0.05, 0) is 33.2 Å². The van der Waals surface area contributed by atoms with E-state index in [1.807, 2.05) is 0 Å². The van der Waals surface area contributed by atoms with Crippen LogP contribution in [0.15, 0.2) is 0 Å². The fourth-order valence-electron chi connectivity index (χ4n) is 1.61. The maximum absolute atomic E-state index is 11.0. The molecule has 0 amide bonds. The summed E-state index contributed by atoms with van der Waals surface area (Å²) >= 11 is 0. The summed E-state index contributed by atoms with van der Waals surface area (Å²) in [5.41, 5.74) is -0.898. The quantitative estimate of drug-likeness (QED) is 0.702. The van der Waals surface area contributed by atoms with Gasteiger partial charge in [0.05, 0.1) is 6.10 Å². The molecule has 1 rings (SSSR count). The number of aliphatic carboxylic acids is 1. The molecular formula is C11H21NO4. The lowest BCUT2D eigenvalue weighted by atomic mass is 9.99. The van der Waals surface area contributed by atoms with Crippen LogP contribution in [0, 0.1) is 0 Å². The Morgan fingerprint density at radius 3 is 2.69 bits per heavy atom. The monoisotopic (exact) mass is 231 g/mol. The second-order valence-electron chi connectivity index (χ2n) is 4.32. The van der Waals surface area contributed by atoms with Gasteiger partial charge in [-0.3, -0.25) is 4.79 Å². The smallest absolute Gasteiger partial charge is 0.323 e. The van der Waals surface area contributed by atoms with Crippen LogP contribution in [0.2, 0.25) is 0 Å². The van der Waals surface area contributed by atoms with Crippen molar-refractivity contribution in [3.63, 3.8) is 0 Å². The van der Waals surface area contributed by atoms with Crippen molar-refractivity contribution in [1.29, 1.82) is 0 Å². The fraction of sp³-hybridized carbons (Fsp3) is 0.909. The van der Waals surface area contributed by atoms with Crippen molar-refractivity contribution >= 4 is 5.97 Å². The first-order valence-electron chi connectivity index (χ1n) is 5.70. The van der Waals surface area contributed by atoms with Crippen molar-refractivity contribution in [1.82, 2.24) is 5.32 Å². The molecule has 1 aliphatic heterocycles. The lowest BCUT2D eigenvalue weighted by Gasteiger charge is -2.27. The summed E-state index contributed by atoms with van der Waals surface area (Å²) in [7, 11) is 1.66. The van der Waals surface area contributed by atoms with E-state index in [0.29, 0.717) is 13.0 Å². The van der Waals surface area contributed by atoms with Gasteiger partial charge in [-0.2, -0.15) is 0 Å². The first-order chi connectivity index (χ1) is 7.58. The molecule has 0 spiro atoms. The summed E-state index contributed by atoms with van der Waals surface area (Å²) in [5, 5.41) is 11.8. The lowest BCUT2D eigenvalue weighted by Crippen LogP contribution is -2.48. The molecule has 5 nitrogen and oxygen atoms in total. The number of carboxylic acid groups (broad SMARTS) is 1. The van der Waals surface area contributed by atoms with Gasteiger partial charge >= 0.3 is 5.97 Å². The highest BCUT2D eigenvalue weighted by molar-refractivity contribution is 5.78. The molecule has 5 heteroatoms. The summed E-state index contributed by atoms with van der Waals surface area (Å²) in [4.78, 5) is 11.0.